The summed E-state index contributed by atoms with van der Waals surface area (Å²) in [6.45, 7) is 2.46. The number of nitrogens with zero attached hydrogens (tertiary/aromatic N) is 3. The summed E-state index contributed by atoms with van der Waals surface area (Å²) in [4.78, 5) is 15.0. The van der Waals surface area contributed by atoms with E-state index in [4.69, 9.17) is 16.2 Å². The van der Waals surface area contributed by atoms with Crippen LogP contribution in [0.2, 0.25) is 0 Å². The molecule has 3 unspecified atom stereocenters. The number of likely N-dealkylation sites (tertiary alicyclic amines) is 1. The molecule has 2 aliphatic rings. The van der Waals surface area contributed by atoms with Gasteiger partial charge in [-0.1, -0.05) is 29.6 Å². The number of aromatic nitrogens is 2. The van der Waals surface area contributed by atoms with Crippen LogP contribution in [0.4, 0.5) is 23.4 Å². The molecule has 1 saturated heterocycles. The predicted molar refractivity (Wildman–Crippen MR) is 140 cm³/mol. The summed E-state index contributed by atoms with van der Waals surface area (Å²) >= 11 is 1.17. The third kappa shape index (κ3) is 9.33. The highest BCUT2D eigenvalue weighted by atomic mass is 32.1. The van der Waals surface area contributed by atoms with Crippen LogP contribution in [0.3, 0.4) is 0 Å². The standard InChI is InChI=1S/C24H34F3N7O3S/c1-36-20(17-7-4-8-18(14-17)37-24(25,26)27)21(35)31-23-33-32-22(38-23)30-15-16-6-5-12-34(13-10-16)19(29)9-2-3-11-28/h3-4,7,9,11,14,16,18,20H,2,5-6,8,10,12-13,15,28-29H2,1H3,(H,30,32)(H,31,33,35)/b11-3-,19-9+. The van der Waals surface area contributed by atoms with Gasteiger partial charge in [0.05, 0.1) is 11.9 Å². The van der Waals surface area contributed by atoms with Crippen molar-refractivity contribution in [1.29, 1.82) is 0 Å². The molecule has 0 saturated carbocycles. The van der Waals surface area contributed by atoms with Crippen LogP contribution in [0.1, 0.15) is 32.1 Å². The van der Waals surface area contributed by atoms with Crippen molar-refractivity contribution in [2.45, 2.75) is 50.7 Å². The van der Waals surface area contributed by atoms with Crippen molar-refractivity contribution >= 4 is 27.5 Å². The second-order valence-electron chi connectivity index (χ2n) is 8.88. The number of rotatable bonds is 11. The van der Waals surface area contributed by atoms with Gasteiger partial charge in [-0.3, -0.25) is 14.8 Å². The van der Waals surface area contributed by atoms with E-state index in [1.807, 2.05) is 12.2 Å². The molecule has 0 spiro atoms. The molecule has 3 atom stereocenters. The summed E-state index contributed by atoms with van der Waals surface area (Å²) in [5.41, 5.74) is 11.8. The van der Waals surface area contributed by atoms with Gasteiger partial charge in [0.1, 0.15) is 0 Å². The highest BCUT2D eigenvalue weighted by Crippen LogP contribution is 2.27. The second-order valence-corrected chi connectivity index (χ2v) is 9.86. The number of anilines is 2. The highest BCUT2D eigenvalue weighted by molar-refractivity contribution is 7.19. The van der Waals surface area contributed by atoms with E-state index in [0.29, 0.717) is 24.0 Å². The fourth-order valence-electron chi connectivity index (χ4n) is 4.27. The lowest BCUT2D eigenvalue weighted by Gasteiger charge is -2.23. The highest BCUT2D eigenvalue weighted by Gasteiger charge is 2.34. The molecule has 1 amide bonds. The Balaban J connectivity index is 1.49. The molecule has 14 heteroatoms. The number of alkyl halides is 3. The SMILES string of the molecule is COC(C(=O)Nc1nnc(NCC2CCCN(/C(N)=C/C/C=C\N)CC2)s1)C1=CC(OC(F)(F)F)CC=C1. The third-order valence-electron chi connectivity index (χ3n) is 6.13. The molecule has 210 valence electrons. The summed E-state index contributed by atoms with van der Waals surface area (Å²) < 4.78 is 47.1. The quantitative estimate of drug-likeness (QED) is 0.322. The Morgan fingerprint density at radius 2 is 2.11 bits per heavy atom. The topological polar surface area (TPSA) is 141 Å². The first-order valence-corrected chi connectivity index (χ1v) is 13.1. The Labute approximate surface area is 223 Å². The first-order valence-electron chi connectivity index (χ1n) is 12.3. The molecule has 0 aromatic carbocycles. The lowest BCUT2D eigenvalue weighted by atomic mass is 9.99. The largest absolute Gasteiger partial charge is 0.523 e. The lowest BCUT2D eigenvalue weighted by molar-refractivity contribution is -0.336. The van der Waals surface area contributed by atoms with Crippen molar-refractivity contribution in [2.75, 3.05) is 37.4 Å². The molecule has 1 aromatic heterocycles. The number of hydrogen-bond donors (Lipinski definition) is 4. The minimum Gasteiger partial charge on any atom is -0.405 e. The number of nitrogens with two attached hydrogens (primary N) is 2. The second kappa shape index (κ2) is 14.2. The summed E-state index contributed by atoms with van der Waals surface area (Å²) in [7, 11) is 1.30. The molecule has 38 heavy (non-hydrogen) atoms. The van der Waals surface area contributed by atoms with Crippen LogP contribution < -0.4 is 22.1 Å². The Morgan fingerprint density at radius 1 is 1.32 bits per heavy atom. The molecule has 1 fully saturated rings. The van der Waals surface area contributed by atoms with Crippen molar-refractivity contribution in [3.8, 4) is 0 Å². The van der Waals surface area contributed by atoms with Crippen molar-refractivity contribution in [1.82, 2.24) is 15.1 Å². The van der Waals surface area contributed by atoms with Crippen molar-refractivity contribution in [3.05, 3.63) is 48.0 Å². The predicted octanol–water partition coefficient (Wildman–Crippen LogP) is 3.46. The summed E-state index contributed by atoms with van der Waals surface area (Å²) in [6, 6.07) is 0. The molecular formula is C24H34F3N7O3S. The summed E-state index contributed by atoms with van der Waals surface area (Å²) in [5, 5.41) is 14.8. The Bertz CT molecular complexity index is 1040. The molecule has 2 heterocycles. The molecule has 1 aliphatic carbocycles. The van der Waals surface area contributed by atoms with Crippen molar-refractivity contribution in [3.63, 3.8) is 0 Å². The van der Waals surface area contributed by atoms with Crippen molar-refractivity contribution < 1.29 is 27.4 Å². The first kappa shape index (κ1) is 29.5. The van der Waals surface area contributed by atoms with E-state index >= 15 is 0 Å². The Kier molecular flexibility index (Phi) is 11.0. The molecule has 6 N–H and O–H groups in total. The number of halogens is 3. The average molecular weight is 558 g/mol. The van der Waals surface area contributed by atoms with Crippen LogP contribution in [0.5, 0.6) is 0 Å². The fourth-order valence-corrected chi connectivity index (χ4v) is 4.93. The summed E-state index contributed by atoms with van der Waals surface area (Å²) in [5.74, 6) is 0.613. The third-order valence-corrected chi connectivity index (χ3v) is 6.92. The van der Waals surface area contributed by atoms with Crippen LogP contribution >= 0.6 is 11.3 Å². The number of carbonyl (C=O) groups is 1. The number of methoxy groups -OCH3 is 1. The number of ether oxygens (including phenoxy) is 2. The van der Waals surface area contributed by atoms with E-state index in [1.54, 1.807) is 6.08 Å². The van der Waals surface area contributed by atoms with Crippen LogP contribution in [0.15, 0.2) is 48.0 Å². The molecule has 0 radical (unpaired) electrons. The molecule has 1 aromatic rings. The molecule has 3 rings (SSSR count). The van der Waals surface area contributed by atoms with E-state index in [1.165, 1.54) is 36.8 Å². The first-order chi connectivity index (χ1) is 18.2. The monoisotopic (exact) mass is 557 g/mol. The van der Waals surface area contributed by atoms with E-state index in [2.05, 4.69) is 30.5 Å². The Hall–Kier alpha value is -3.10. The molecule has 0 bridgehead atoms. The maximum Gasteiger partial charge on any atom is 0.523 e. The molecule has 1 aliphatic heterocycles. The fraction of sp³-hybridized carbons (Fsp3) is 0.542. The number of amides is 1. The molecule has 10 nitrogen and oxygen atoms in total. The number of nitrogens with one attached hydrogen (secondary N) is 2. The van der Waals surface area contributed by atoms with Gasteiger partial charge in [-0.15, -0.1) is 23.4 Å². The maximum atomic E-state index is 12.8. The number of hydrogen-bond acceptors (Lipinski definition) is 10. The zero-order valence-corrected chi connectivity index (χ0v) is 21.9. The van der Waals surface area contributed by atoms with Crippen LogP contribution in [0, 0.1) is 5.92 Å². The zero-order valence-electron chi connectivity index (χ0n) is 21.1. The van der Waals surface area contributed by atoms with Gasteiger partial charge in [-0.2, -0.15) is 0 Å². The van der Waals surface area contributed by atoms with Crippen molar-refractivity contribution in [2.24, 2.45) is 17.4 Å². The number of carbonyl (C=O) groups excluding carboxylic acids is 1. The van der Waals surface area contributed by atoms with Crippen LogP contribution in [-0.2, 0) is 14.3 Å². The summed E-state index contributed by atoms with van der Waals surface area (Å²) in [6.07, 6.45) is 6.24. The van der Waals surface area contributed by atoms with Gasteiger partial charge < -0.3 is 26.4 Å². The van der Waals surface area contributed by atoms with Gasteiger partial charge in [0.2, 0.25) is 10.3 Å². The minimum absolute atomic E-state index is 0.0436. The number of allylic oxidation sites excluding steroid dienone is 2. The van der Waals surface area contributed by atoms with Crippen LogP contribution in [0.25, 0.3) is 0 Å². The van der Waals surface area contributed by atoms with Crippen LogP contribution in [-0.4, -0.2) is 66.3 Å². The van der Waals surface area contributed by atoms with E-state index in [-0.39, 0.29) is 17.1 Å². The van der Waals surface area contributed by atoms with E-state index in [0.717, 1.165) is 38.2 Å². The minimum atomic E-state index is -4.78. The lowest BCUT2D eigenvalue weighted by Crippen LogP contribution is -2.33. The average Bonchev–Trinajstić information content (AvgIpc) is 3.16. The van der Waals surface area contributed by atoms with Gasteiger partial charge in [0.25, 0.3) is 5.91 Å². The van der Waals surface area contributed by atoms with E-state index in [9.17, 15) is 18.0 Å². The van der Waals surface area contributed by atoms with E-state index < -0.39 is 24.5 Å². The zero-order chi connectivity index (χ0) is 27.5. The van der Waals surface area contributed by atoms with Gasteiger partial charge in [-0.25, -0.2) is 0 Å². The van der Waals surface area contributed by atoms with Gasteiger partial charge in [0, 0.05) is 26.7 Å². The maximum absolute atomic E-state index is 12.8. The Morgan fingerprint density at radius 3 is 2.84 bits per heavy atom. The van der Waals surface area contributed by atoms with Gasteiger partial charge >= 0.3 is 6.36 Å². The smallest absolute Gasteiger partial charge is 0.405 e. The normalized spacial score (nSPS) is 21.7. The van der Waals surface area contributed by atoms with Gasteiger partial charge in [0.15, 0.2) is 6.10 Å². The molecular weight excluding hydrogens is 523 g/mol. The van der Waals surface area contributed by atoms with Gasteiger partial charge in [-0.05, 0) is 61.9 Å².